The SMILES string of the molecule is COc1ccc(CNC(=O)C2CCCN2C(=O)OC(C)(C)C)cc1OC. The third-order valence-corrected chi connectivity index (χ3v) is 4.10. The van der Waals surface area contributed by atoms with Crippen LogP contribution in [0.2, 0.25) is 0 Å². The molecule has 1 atom stereocenters. The van der Waals surface area contributed by atoms with Gasteiger partial charge in [0.05, 0.1) is 14.2 Å². The fourth-order valence-corrected chi connectivity index (χ4v) is 2.88. The Balaban J connectivity index is 1.97. The topological polar surface area (TPSA) is 77.1 Å². The molecule has 2 rings (SSSR count). The number of amides is 2. The van der Waals surface area contributed by atoms with E-state index in [-0.39, 0.29) is 5.91 Å². The van der Waals surface area contributed by atoms with Gasteiger partial charge in [0.1, 0.15) is 11.6 Å². The second kappa shape index (κ2) is 8.29. The minimum Gasteiger partial charge on any atom is -0.493 e. The summed E-state index contributed by atoms with van der Waals surface area (Å²) in [5.41, 5.74) is 0.304. The number of ether oxygens (including phenoxy) is 3. The number of nitrogens with one attached hydrogen (secondary N) is 1. The maximum absolute atomic E-state index is 12.6. The average Bonchev–Trinajstić information content (AvgIpc) is 3.07. The van der Waals surface area contributed by atoms with E-state index in [1.807, 2.05) is 32.9 Å². The zero-order valence-electron chi connectivity index (χ0n) is 16.1. The van der Waals surface area contributed by atoms with Gasteiger partial charge in [-0.1, -0.05) is 6.07 Å². The molecule has 0 aromatic heterocycles. The molecule has 1 aromatic carbocycles. The van der Waals surface area contributed by atoms with Crippen molar-refractivity contribution in [1.82, 2.24) is 10.2 Å². The first-order valence-electron chi connectivity index (χ1n) is 8.73. The minimum atomic E-state index is -0.583. The second-order valence-electron chi connectivity index (χ2n) is 7.24. The lowest BCUT2D eigenvalue weighted by Gasteiger charge is -2.28. The van der Waals surface area contributed by atoms with E-state index >= 15 is 0 Å². The number of hydrogen-bond donors (Lipinski definition) is 1. The molecule has 1 aliphatic rings. The van der Waals surface area contributed by atoms with Crippen LogP contribution in [-0.2, 0) is 16.1 Å². The van der Waals surface area contributed by atoms with E-state index in [0.717, 1.165) is 12.0 Å². The van der Waals surface area contributed by atoms with Gasteiger partial charge in [-0.15, -0.1) is 0 Å². The van der Waals surface area contributed by atoms with Gasteiger partial charge in [0.15, 0.2) is 11.5 Å². The first-order chi connectivity index (χ1) is 12.2. The highest BCUT2D eigenvalue weighted by molar-refractivity contribution is 5.86. The van der Waals surface area contributed by atoms with Crippen LogP contribution < -0.4 is 14.8 Å². The standard InChI is InChI=1S/C19H28N2O5/c1-19(2,3)26-18(23)21-10-6-7-14(21)17(22)20-12-13-8-9-15(24-4)16(11-13)25-5/h8-9,11,14H,6-7,10,12H2,1-5H3,(H,20,22). The predicted octanol–water partition coefficient (Wildman–Crippen LogP) is 2.72. The molecule has 0 radical (unpaired) electrons. The Morgan fingerprint density at radius 3 is 2.50 bits per heavy atom. The van der Waals surface area contributed by atoms with Gasteiger partial charge in [0, 0.05) is 13.1 Å². The highest BCUT2D eigenvalue weighted by Gasteiger charge is 2.36. The number of carbonyl (C=O) groups excluding carboxylic acids is 2. The van der Waals surface area contributed by atoms with Crippen LogP contribution in [0, 0.1) is 0 Å². The second-order valence-corrected chi connectivity index (χ2v) is 7.24. The fourth-order valence-electron chi connectivity index (χ4n) is 2.88. The van der Waals surface area contributed by atoms with Crippen LogP contribution in [0.4, 0.5) is 4.79 Å². The number of rotatable bonds is 5. The maximum atomic E-state index is 12.6. The molecule has 1 heterocycles. The van der Waals surface area contributed by atoms with E-state index in [1.165, 1.54) is 4.90 Å². The molecular weight excluding hydrogens is 336 g/mol. The molecule has 144 valence electrons. The molecule has 7 heteroatoms. The molecule has 0 bridgehead atoms. The van der Waals surface area contributed by atoms with Gasteiger partial charge in [-0.25, -0.2) is 4.79 Å². The molecular formula is C19H28N2O5. The van der Waals surface area contributed by atoms with Crippen molar-refractivity contribution in [1.29, 1.82) is 0 Å². The van der Waals surface area contributed by atoms with Crippen LogP contribution in [0.25, 0.3) is 0 Å². The number of carbonyl (C=O) groups is 2. The Labute approximate surface area is 154 Å². The summed E-state index contributed by atoms with van der Waals surface area (Å²) in [6.45, 7) is 6.31. The van der Waals surface area contributed by atoms with E-state index in [1.54, 1.807) is 20.3 Å². The molecule has 1 fully saturated rings. The van der Waals surface area contributed by atoms with Gasteiger partial charge in [0.25, 0.3) is 0 Å². The summed E-state index contributed by atoms with van der Waals surface area (Å²) in [6.07, 6.45) is 0.978. The van der Waals surface area contributed by atoms with Crippen molar-refractivity contribution >= 4 is 12.0 Å². The van der Waals surface area contributed by atoms with E-state index < -0.39 is 17.7 Å². The number of nitrogens with zero attached hydrogens (tertiary/aromatic N) is 1. The van der Waals surface area contributed by atoms with Crippen molar-refractivity contribution in [2.45, 2.75) is 51.8 Å². The zero-order valence-corrected chi connectivity index (χ0v) is 16.1. The Morgan fingerprint density at radius 2 is 1.88 bits per heavy atom. The maximum Gasteiger partial charge on any atom is 0.410 e. The van der Waals surface area contributed by atoms with Crippen LogP contribution in [0.5, 0.6) is 11.5 Å². The number of hydrogen-bond acceptors (Lipinski definition) is 5. The summed E-state index contributed by atoms with van der Waals surface area (Å²) in [7, 11) is 3.14. The Hall–Kier alpha value is -2.44. The van der Waals surface area contributed by atoms with Crippen LogP contribution >= 0.6 is 0 Å². The van der Waals surface area contributed by atoms with Gasteiger partial charge in [-0.3, -0.25) is 9.69 Å². The average molecular weight is 364 g/mol. The molecule has 2 amide bonds. The normalized spacial score (nSPS) is 17.0. The first-order valence-corrected chi connectivity index (χ1v) is 8.73. The van der Waals surface area contributed by atoms with Crippen molar-refractivity contribution in [2.75, 3.05) is 20.8 Å². The molecule has 0 spiro atoms. The summed E-state index contributed by atoms with van der Waals surface area (Å²) in [6, 6.07) is 4.98. The van der Waals surface area contributed by atoms with E-state index in [4.69, 9.17) is 14.2 Å². The van der Waals surface area contributed by atoms with E-state index in [0.29, 0.717) is 31.0 Å². The lowest BCUT2D eigenvalue weighted by Crippen LogP contribution is -2.47. The third kappa shape index (κ3) is 5.03. The minimum absolute atomic E-state index is 0.178. The van der Waals surface area contributed by atoms with Crippen LogP contribution in [0.15, 0.2) is 18.2 Å². The Kier molecular flexibility index (Phi) is 6.34. The van der Waals surface area contributed by atoms with Gasteiger partial charge in [0.2, 0.25) is 5.91 Å². The zero-order chi connectivity index (χ0) is 19.3. The van der Waals surface area contributed by atoms with Gasteiger partial charge in [-0.05, 0) is 51.3 Å². The Morgan fingerprint density at radius 1 is 1.19 bits per heavy atom. The third-order valence-electron chi connectivity index (χ3n) is 4.10. The summed E-state index contributed by atoms with van der Waals surface area (Å²) in [5.74, 6) is 1.06. The summed E-state index contributed by atoms with van der Waals surface area (Å²) in [5, 5.41) is 2.89. The van der Waals surface area contributed by atoms with Gasteiger partial charge < -0.3 is 19.5 Å². The fraction of sp³-hybridized carbons (Fsp3) is 0.579. The molecule has 0 saturated carbocycles. The van der Waals surface area contributed by atoms with E-state index in [9.17, 15) is 9.59 Å². The molecule has 1 N–H and O–H groups in total. The number of likely N-dealkylation sites (tertiary alicyclic amines) is 1. The molecule has 1 aliphatic heterocycles. The van der Waals surface area contributed by atoms with Crippen LogP contribution in [-0.4, -0.2) is 49.3 Å². The van der Waals surface area contributed by atoms with Crippen molar-refractivity contribution in [3.63, 3.8) is 0 Å². The van der Waals surface area contributed by atoms with Crippen molar-refractivity contribution < 1.29 is 23.8 Å². The lowest BCUT2D eigenvalue weighted by atomic mass is 10.1. The summed E-state index contributed by atoms with van der Waals surface area (Å²) in [4.78, 5) is 26.4. The molecule has 1 unspecified atom stereocenters. The molecule has 1 aromatic rings. The molecule has 7 nitrogen and oxygen atoms in total. The molecule has 0 aliphatic carbocycles. The Bertz CT molecular complexity index is 654. The summed E-state index contributed by atoms with van der Waals surface area (Å²) >= 11 is 0. The lowest BCUT2D eigenvalue weighted by molar-refractivity contribution is -0.125. The van der Waals surface area contributed by atoms with Crippen molar-refractivity contribution in [3.8, 4) is 11.5 Å². The number of benzene rings is 1. The monoisotopic (exact) mass is 364 g/mol. The predicted molar refractivity (Wildman–Crippen MR) is 97.4 cm³/mol. The van der Waals surface area contributed by atoms with Crippen molar-refractivity contribution in [2.24, 2.45) is 0 Å². The smallest absolute Gasteiger partial charge is 0.410 e. The number of methoxy groups -OCH3 is 2. The molecule has 1 saturated heterocycles. The van der Waals surface area contributed by atoms with Gasteiger partial charge in [-0.2, -0.15) is 0 Å². The van der Waals surface area contributed by atoms with Gasteiger partial charge >= 0.3 is 6.09 Å². The first kappa shape index (κ1) is 19.9. The van der Waals surface area contributed by atoms with Crippen LogP contribution in [0.3, 0.4) is 0 Å². The van der Waals surface area contributed by atoms with Crippen molar-refractivity contribution in [3.05, 3.63) is 23.8 Å². The highest BCUT2D eigenvalue weighted by atomic mass is 16.6. The highest BCUT2D eigenvalue weighted by Crippen LogP contribution is 2.27. The quantitative estimate of drug-likeness (QED) is 0.869. The van der Waals surface area contributed by atoms with Crippen LogP contribution in [0.1, 0.15) is 39.2 Å². The summed E-state index contributed by atoms with van der Waals surface area (Å²) < 4.78 is 15.9. The molecule has 26 heavy (non-hydrogen) atoms. The van der Waals surface area contributed by atoms with E-state index in [2.05, 4.69) is 5.32 Å². The largest absolute Gasteiger partial charge is 0.493 e.